The van der Waals surface area contributed by atoms with Crippen LogP contribution in [-0.2, 0) is 16.1 Å². The first-order chi connectivity index (χ1) is 13.3. The molecule has 0 aliphatic heterocycles. The van der Waals surface area contributed by atoms with Crippen LogP contribution in [0.4, 0.5) is 0 Å². The Kier molecular flexibility index (Phi) is 7.78. The lowest BCUT2D eigenvalue weighted by Crippen LogP contribution is -2.26. The normalized spacial score (nSPS) is 12.2. The Balaban J connectivity index is 1.95. The van der Waals surface area contributed by atoms with E-state index in [4.69, 9.17) is 48.0 Å². The molecule has 0 saturated heterocycles. The molecule has 0 spiro atoms. The van der Waals surface area contributed by atoms with Crippen molar-refractivity contribution < 1.29 is 23.8 Å². The van der Waals surface area contributed by atoms with Gasteiger partial charge in [0.05, 0.1) is 19.2 Å². The summed E-state index contributed by atoms with van der Waals surface area (Å²) in [5.41, 5.74) is 6.65. The number of halogens is 2. The van der Waals surface area contributed by atoms with Crippen molar-refractivity contribution in [1.82, 2.24) is 0 Å². The number of nitrogens with two attached hydrogens (primary N) is 1. The topological polar surface area (TPSA) is 92.4 Å². The fraction of sp³-hybridized carbons (Fsp3) is 0.263. The molecule has 0 bridgehead atoms. The summed E-state index contributed by atoms with van der Waals surface area (Å²) in [5, 5.41) is 4.39. The minimum atomic E-state index is -0.948. The molecule has 2 aromatic carbocycles. The number of benzene rings is 2. The van der Waals surface area contributed by atoms with Crippen molar-refractivity contribution >= 4 is 35.0 Å². The van der Waals surface area contributed by atoms with E-state index in [0.29, 0.717) is 22.3 Å². The van der Waals surface area contributed by atoms with E-state index in [0.717, 1.165) is 5.56 Å². The van der Waals surface area contributed by atoms with Crippen LogP contribution in [0.3, 0.4) is 0 Å². The Labute approximate surface area is 172 Å². The lowest BCUT2D eigenvalue weighted by Gasteiger charge is -2.13. The number of carbonyl (C=O) groups excluding carboxylic acids is 1. The summed E-state index contributed by atoms with van der Waals surface area (Å²) in [6.45, 7) is 1.51. The predicted molar refractivity (Wildman–Crippen MR) is 108 cm³/mol. The molecule has 0 amide bonds. The molecule has 0 aliphatic rings. The van der Waals surface area contributed by atoms with Crippen LogP contribution in [0.15, 0.2) is 41.6 Å². The highest BCUT2D eigenvalue weighted by Crippen LogP contribution is 2.29. The van der Waals surface area contributed by atoms with Gasteiger partial charge in [-0.1, -0.05) is 34.4 Å². The summed E-state index contributed by atoms with van der Waals surface area (Å²) in [4.78, 5) is 16.9. The summed E-state index contributed by atoms with van der Waals surface area (Å²) in [6.07, 6.45) is -0.692. The van der Waals surface area contributed by atoms with Gasteiger partial charge in [0.15, 0.2) is 17.6 Å². The number of amidine groups is 1. The molecule has 150 valence electrons. The van der Waals surface area contributed by atoms with Gasteiger partial charge in [-0.2, -0.15) is 0 Å². The van der Waals surface area contributed by atoms with Gasteiger partial charge < -0.3 is 24.8 Å². The standard InChI is InChI=1S/C19H20Cl2N2O5/c1-11(27-15-7-5-13(20)10-14(15)21)19(24)28-23-18(22)9-12-4-6-16(25-2)17(8-12)26-3/h4-8,10-11H,9H2,1-3H3,(H2,22,23)/t11-/m0/s1. The number of hydrogen-bond acceptors (Lipinski definition) is 6. The van der Waals surface area contributed by atoms with E-state index in [1.165, 1.54) is 20.1 Å². The molecule has 0 unspecified atom stereocenters. The molecule has 0 aliphatic carbocycles. The van der Waals surface area contributed by atoms with E-state index < -0.39 is 12.1 Å². The molecule has 2 N–H and O–H groups in total. The second kappa shape index (κ2) is 10.1. The quantitative estimate of drug-likeness (QED) is 0.298. The van der Waals surface area contributed by atoms with Crippen LogP contribution in [0.5, 0.6) is 17.2 Å². The van der Waals surface area contributed by atoms with Crippen molar-refractivity contribution in [2.75, 3.05) is 14.2 Å². The summed E-state index contributed by atoms with van der Waals surface area (Å²) in [5.74, 6) is 0.850. The smallest absolute Gasteiger partial charge is 0.374 e. The van der Waals surface area contributed by atoms with Gasteiger partial charge in [-0.25, -0.2) is 4.79 Å². The molecule has 2 aromatic rings. The van der Waals surface area contributed by atoms with Crippen LogP contribution in [-0.4, -0.2) is 32.1 Å². The fourth-order valence-electron chi connectivity index (χ4n) is 2.22. The maximum Gasteiger partial charge on any atom is 0.374 e. The highest BCUT2D eigenvalue weighted by molar-refractivity contribution is 6.35. The molecule has 28 heavy (non-hydrogen) atoms. The largest absolute Gasteiger partial charge is 0.493 e. The molecule has 2 rings (SSSR count). The highest BCUT2D eigenvalue weighted by atomic mass is 35.5. The third-order valence-electron chi connectivity index (χ3n) is 3.62. The molecule has 0 heterocycles. The van der Waals surface area contributed by atoms with E-state index in [1.807, 2.05) is 0 Å². The molecule has 9 heteroatoms. The second-order valence-electron chi connectivity index (χ2n) is 5.69. The van der Waals surface area contributed by atoms with Crippen LogP contribution in [0.25, 0.3) is 0 Å². The molecular weight excluding hydrogens is 407 g/mol. The Morgan fingerprint density at radius 2 is 1.75 bits per heavy atom. The van der Waals surface area contributed by atoms with Crippen LogP contribution in [0.1, 0.15) is 12.5 Å². The summed E-state index contributed by atoms with van der Waals surface area (Å²) < 4.78 is 15.9. The van der Waals surface area contributed by atoms with Crippen LogP contribution < -0.4 is 19.9 Å². The molecule has 0 aromatic heterocycles. The minimum Gasteiger partial charge on any atom is -0.493 e. The summed E-state index contributed by atoms with van der Waals surface area (Å²) in [7, 11) is 3.09. The van der Waals surface area contributed by atoms with E-state index in [9.17, 15) is 4.79 Å². The number of hydrogen-bond donors (Lipinski definition) is 1. The Morgan fingerprint density at radius 3 is 2.39 bits per heavy atom. The molecule has 0 fully saturated rings. The van der Waals surface area contributed by atoms with Crippen LogP contribution in [0.2, 0.25) is 10.0 Å². The van der Waals surface area contributed by atoms with Crippen molar-refractivity contribution in [3.63, 3.8) is 0 Å². The van der Waals surface area contributed by atoms with Crippen LogP contribution >= 0.6 is 23.2 Å². The third kappa shape index (κ3) is 5.94. The zero-order valence-electron chi connectivity index (χ0n) is 15.6. The maximum atomic E-state index is 12.1. The maximum absolute atomic E-state index is 12.1. The Bertz CT molecular complexity index is 873. The number of nitrogens with zero attached hydrogens (tertiary/aromatic N) is 1. The molecular formula is C19H20Cl2N2O5. The lowest BCUT2D eigenvalue weighted by atomic mass is 10.1. The monoisotopic (exact) mass is 426 g/mol. The first-order valence-corrected chi connectivity index (χ1v) is 8.95. The fourth-order valence-corrected chi connectivity index (χ4v) is 2.67. The van der Waals surface area contributed by atoms with Crippen molar-refractivity contribution in [3.8, 4) is 17.2 Å². The number of rotatable bonds is 8. The Hall–Kier alpha value is -2.64. The zero-order chi connectivity index (χ0) is 20.7. The third-order valence-corrected chi connectivity index (χ3v) is 4.15. The number of methoxy groups -OCH3 is 2. The van der Waals surface area contributed by atoms with E-state index in [1.54, 1.807) is 37.4 Å². The second-order valence-corrected chi connectivity index (χ2v) is 6.54. The average Bonchev–Trinajstić information content (AvgIpc) is 2.68. The van der Waals surface area contributed by atoms with Gasteiger partial charge in [-0.15, -0.1) is 0 Å². The SMILES string of the molecule is COc1ccc(C/C(N)=N\OC(=O)[C@H](C)Oc2ccc(Cl)cc2Cl)cc1OC. The van der Waals surface area contributed by atoms with Gasteiger partial charge >= 0.3 is 5.97 Å². The van der Waals surface area contributed by atoms with Gasteiger partial charge in [-0.3, -0.25) is 0 Å². The molecule has 7 nitrogen and oxygen atoms in total. The van der Waals surface area contributed by atoms with Crippen molar-refractivity contribution in [1.29, 1.82) is 0 Å². The van der Waals surface area contributed by atoms with Gasteiger partial charge in [0.2, 0.25) is 0 Å². The van der Waals surface area contributed by atoms with Crippen molar-refractivity contribution in [2.45, 2.75) is 19.4 Å². The zero-order valence-corrected chi connectivity index (χ0v) is 17.1. The van der Waals surface area contributed by atoms with Crippen LogP contribution in [0, 0.1) is 0 Å². The minimum absolute atomic E-state index is 0.109. The Morgan fingerprint density at radius 1 is 1.07 bits per heavy atom. The molecule has 0 radical (unpaired) electrons. The summed E-state index contributed by atoms with van der Waals surface area (Å²) >= 11 is 11.8. The highest BCUT2D eigenvalue weighted by Gasteiger charge is 2.18. The van der Waals surface area contributed by atoms with E-state index >= 15 is 0 Å². The van der Waals surface area contributed by atoms with E-state index in [2.05, 4.69) is 5.16 Å². The molecule has 1 atom stereocenters. The van der Waals surface area contributed by atoms with Gasteiger partial charge in [0.25, 0.3) is 0 Å². The average molecular weight is 427 g/mol. The molecule has 0 saturated carbocycles. The first-order valence-electron chi connectivity index (χ1n) is 8.19. The van der Waals surface area contributed by atoms with Gasteiger partial charge in [0.1, 0.15) is 11.6 Å². The summed E-state index contributed by atoms with van der Waals surface area (Å²) in [6, 6.07) is 9.98. The first kappa shape index (κ1) is 21.7. The predicted octanol–water partition coefficient (Wildman–Crippen LogP) is 3.84. The van der Waals surface area contributed by atoms with E-state index in [-0.39, 0.29) is 17.3 Å². The lowest BCUT2D eigenvalue weighted by molar-refractivity contribution is -0.151. The number of oxime groups is 1. The van der Waals surface area contributed by atoms with Gasteiger partial charge in [-0.05, 0) is 42.8 Å². The number of carbonyl (C=O) groups is 1. The van der Waals surface area contributed by atoms with Crippen molar-refractivity contribution in [3.05, 3.63) is 52.0 Å². The number of ether oxygens (including phenoxy) is 3. The van der Waals surface area contributed by atoms with Gasteiger partial charge in [0, 0.05) is 11.4 Å². The van der Waals surface area contributed by atoms with Crippen molar-refractivity contribution in [2.24, 2.45) is 10.9 Å².